The van der Waals surface area contributed by atoms with Gasteiger partial charge in [-0.25, -0.2) is 14.8 Å². The first kappa shape index (κ1) is 13.7. The molecule has 0 bridgehead atoms. The molecule has 0 aromatic carbocycles. The largest absolute Gasteiger partial charge is 0.465 e. The first-order valence-electron chi connectivity index (χ1n) is 5.79. The van der Waals surface area contributed by atoms with Crippen LogP contribution >= 0.6 is 11.3 Å². The summed E-state index contributed by atoms with van der Waals surface area (Å²) in [5.41, 5.74) is 0.792. The lowest BCUT2D eigenvalue weighted by molar-refractivity contribution is 0.0605. The molecule has 7 heteroatoms. The molecule has 0 aliphatic heterocycles. The molecular formula is C12H15N3O3S. The molecule has 2 N–H and O–H groups in total. The van der Waals surface area contributed by atoms with Gasteiger partial charge in [0.1, 0.15) is 21.9 Å². The Labute approximate surface area is 114 Å². The molecule has 0 aliphatic carbocycles. The number of anilines is 1. The number of hydrogen-bond donors (Lipinski definition) is 2. The summed E-state index contributed by atoms with van der Waals surface area (Å²) in [5.74, 6) is 0.247. The monoisotopic (exact) mass is 281 g/mol. The number of aromatic nitrogens is 2. The van der Waals surface area contributed by atoms with Crippen molar-refractivity contribution in [2.45, 2.75) is 20.0 Å². The first-order valence-corrected chi connectivity index (χ1v) is 6.60. The quantitative estimate of drug-likeness (QED) is 0.828. The molecule has 102 valence electrons. The zero-order valence-electron chi connectivity index (χ0n) is 10.9. The molecule has 0 radical (unpaired) electrons. The molecule has 2 aromatic heterocycles. The topological polar surface area (TPSA) is 84.3 Å². The van der Waals surface area contributed by atoms with E-state index in [0.29, 0.717) is 17.2 Å². The van der Waals surface area contributed by atoms with Crippen molar-refractivity contribution in [3.63, 3.8) is 0 Å². The second kappa shape index (κ2) is 5.50. The molecule has 0 amide bonds. The van der Waals surface area contributed by atoms with Crippen molar-refractivity contribution in [3.8, 4) is 0 Å². The van der Waals surface area contributed by atoms with Crippen LogP contribution < -0.4 is 5.32 Å². The van der Waals surface area contributed by atoms with Gasteiger partial charge in [0, 0.05) is 6.54 Å². The number of fused-ring (bicyclic) bond motifs is 1. The highest BCUT2D eigenvalue weighted by molar-refractivity contribution is 7.20. The Morgan fingerprint density at radius 1 is 1.58 bits per heavy atom. The van der Waals surface area contributed by atoms with Crippen LogP contribution in [0.1, 0.15) is 22.2 Å². The number of methoxy groups -OCH3 is 1. The Morgan fingerprint density at radius 2 is 2.32 bits per heavy atom. The third-order valence-corrected chi connectivity index (χ3v) is 3.84. The minimum absolute atomic E-state index is 0.373. The van der Waals surface area contributed by atoms with Crippen molar-refractivity contribution in [1.29, 1.82) is 0 Å². The van der Waals surface area contributed by atoms with Gasteiger partial charge in [-0.2, -0.15) is 0 Å². The molecule has 1 atom stereocenters. The van der Waals surface area contributed by atoms with Crippen molar-refractivity contribution >= 4 is 33.3 Å². The Kier molecular flexibility index (Phi) is 3.96. The SMILES string of the molecule is COC(=O)c1sc2ncnc(NC[C@H](C)O)c2c1C. The minimum atomic E-state index is -0.482. The second-order valence-electron chi connectivity index (χ2n) is 4.18. The van der Waals surface area contributed by atoms with Crippen molar-refractivity contribution in [1.82, 2.24) is 9.97 Å². The highest BCUT2D eigenvalue weighted by atomic mass is 32.1. The molecule has 0 unspecified atom stereocenters. The lowest BCUT2D eigenvalue weighted by Crippen LogP contribution is -2.16. The van der Waals surface area contributed by atoms with Crippen LogP contribution in [0, 0.1) is 6.92 Å². The summed E-state index contributed by atoms with van der Waals surface area (Å²) in [6.45, 7) is 3.91. The van der Waals surface area contributed by atoms with E-state index in [1.807, 2.05) is 6.92 Å². The van der Waals surface area contributed by atoms with Gasteiger partial charge in [-0.3, -0.25) is 0 Å². The van der Waals surface area contributed by atoms with E-state index in [9.17, 15) is 9.90 Å². The summed E-state index contributed by atoms with van der Waals surface area (Å²) in [7, 11) is 1.35. The normalized spacial score (nSPS) is 12.4. The lowest BCUT2D eigenvalue weighted by Gasteiger charge is -2.08. The number of nitrogens with one attached hydrogen (secondary N) is 1. The number of carbonyl (C=O) groups excluding carboxylic acids is 1. The summed E-state index contributed by atoms with van der Waals surface area (Å²) in [6, 6.07) is 0. The number of aryl methyl sites for hydroxylation is 1. The van der Waals surface area contributed by atoms with E-state index in [2.05, 4.69) is 15.3 Å². The van der Waals surface area contributed by atoms with Crippen molar-refractivity contribution < 1.29 is 14.6 Å². The molecule has 0 saturated carbocycles. The van der Waals surface area contributed by atoms with E-state index in [4.69, 9.17) is 4.74 Å². The number of rotatable bonds is 4. The maximum Gasteiger partial charge on any atom is 0.348 e. The van der Waals surface area contributed by atoms with Gasteiger partial charge in [0.25, 0.3) is 0 Å². The van der Waals surface area contributed by atoms with E-state index >= 15 is 0 Å². The second-order valence-corrected chi connectivity index (χ2v) is 5.18. The summed E-state index contributed by atoms with van der Waals surface area (Å²) in [5, 5.41) is 13.2. The summed E-state index contributed by atoms with van der Waals surface area (Å²) in [4.78, 5) is 21.2. The first-order chi connectivity index (χ1) is 9.04. The molecule has 2 rings (SSSR count). The third-order valence-electron chi connectivity index (χ3n) is 2.66. The number of carbonyl (C=O) groups is 1. The zero-order chi connectivity index (χ0) is 14.0. The van der Waals surface area contributed by atoms with Crippen LogP contribution in [0.5, 0.6) is 0 Å². The number of aliphatic hydroxyl groups is 1. The Balaban J connectivity index is 2.49. The third kappa shape index (κ3) is 2.66. The molecule has 2 aromatic rings. The number of esters is 1. The Bertz CT molecular complexity index is 610. The summed E-state index contributed by atoms with van der Waals surface area (Å²) in [6.07, 6.45) is 0.952. The molecule has 0 spiro atoms. The maximum atomic E-state index is 11.7. The van der Waals surface area contributed by atoms with Crippen LogP contribution in [-0.4, -0.2) is 40.8 Å². The van der Waals surface area contributed by atoms with Crippen molar-refractivity contribution in [2.75, 3.05) is 19.0 Å². The number of nitrogens with zero attached hydrogens (tertiary/aromatic N) is 2. The van der Waals surface area contributed by atoms with Crippen molar-refractivity contribution in [2.24, 2.45) is 0 Å². The van der Waals surface area contributed by atoms with Crippen LogP contribution in [0.2, 0.25) is 0 Å². The van der Waals surface area contributed by atoms with Gasteiger partial charge in [-0.15, -0.1) is 11.3 Å². The van der Waals surface area contributed by atoms with Gasteiger partial charge < -0.3 is 15.2 Å². The van der Waals surface area contributed by atoms with Gasteiger partial charge in [-0.1, -0.05) is 0 Å². The number of thiophene rings is 1. The molecular weight excluding hydrogens is 266 g/mol. The van der Waals surface area contributed by atoms with Gasteiger partial charge in [0.15, 0.2) is 0 Å². The van der Waals surface area contributed by atoms with E-state index in [-0.39, 0.29) is 5.97 Å². The number of aliphatic hydroxyl groups excluding tert-OH is 1. The summed E-state index contributed by atoms with van der Waals surface area (Å²) < 4.78 is 4.75. The fourth-order valence-corrected chi connectivity index (χ4v) is 2.80. The van der Waals surface area contributed by atoms with E-state index in [0.717, 1.165) is 15.8 Å². The van der Waals surface area contributed by atoms with E-state index in [1.165, 1.54) is 24.8 Å². The molecule has 0 fully saturated rings. The van der Waals surface area contributed by atoms with Crippen molar-refractivity contribution in [3.05, 3.63) is 16.8 Å². The standard InChI is InChI=1S/C12H15N3O3S/c1-6(16)4-13-10-8-7(2)9(12(17)18-3)19-11(8)15-5-14-10/h5-6,16H,4H2,1-3H3,(H,13,14,15)/t6-/m0/s1. The van der Waals surface area contributed by atoms with E-state index < -0.39 is 6.10 Å². The Morgan fingerprint density at radius 3 is 2.95 bits per heavy atom. The zero-order valence-corrected chi connectivity index (χ0v) is 11.7. The molecule has 19 heavy (non-hydrogen) atoms. The fraction of sp³-hybridized carbons (Fsp3) is 0.417. The van der Waals surface area contributed by atoms with Gasteiger partial charge >= 0.3 is 5.97 Å². The predicted molar refractivity (Wildman–Crippen MR) is 73.7 cm³/mol. The smallest absolute Gasteiger partial charge is 0.348 e. The van der Waals surface area contributed by atoms with Gasteiger partial charge in [-0.05, 0) is 19.4 Å². The lowest BCUT2D eigenvalue weighted by atomic mass is 10.2. The van der Waals surface area contributed by atoms with Gasteiger partial charge in [0.2, 0.25) is 0 Å². The molecule has 2 heterocycles. The van der Waals surface area contributed by atoms with Crippen LogP contribution in [0.25, 0.3) is 10.2 Å². The molecule has 0 saturated heterocycles. The van der Waals surface area contributed by atoms with Gasteiger partial charge in [0.05, 0.1) is 18.6 Å². The molecule has 6 nitrogen and oxygen atoms in total. The predicted octanol–water partition coefficient (Wildman–Crippen LogP) is 1.58. The summed E-state index contributed by atoms with van der Waals surface area (Å²) >= 11 is 1.28. The van der Waals surface area contributed by atoms with Crippen LogP contribution in [0.3, 0.4) is 0 Å². The van der Waals surface area contributed by atoms with Crippen LogP contribution in [0.15, 0.2) is 6.33 Å². The maximum absolute atomic E-state index is 11.7. The highest BCUT2D eigenvalue weighted by Gasteiger charge is 2.19. The minimum Gasteiger partial charge on any atom is -0.465 e. The van der Waals surface area contributed by atoms with Crippen LogP contribution in [0.4, 0.5) is 5.82 Å². The average molecular weight is 281 g/mol. The number of hydrogen-bond acceptors (Lipinski definition) is 7. The molecule has 0 aliphatic rings. The highest BCUT2D eigenvalue weighted by Crippen LogP contribution is 2.33. The Hall–Kier alpha value is -1.73. The van der Waals surface area contributed by atoms with Crippen LogP contribution in [-0.2, 0) is 4.74 Å². The fourth-order valence-electron chi connectivity index (χ4n) is 1.74. The number of ether oxygens (including phenoxy) is 1. The van der Waals surface area contributed by atoms with E-state index in [1.54, 1.807) is 6.92 Å². The average Bonchev–Trinajstić information content (AvgIpc) is 2.73.